The molecule has 0 saturated heterocycles. The first-order valence-electron chi connectivity index (χ1n) is 6.34. The number of phenols is 5. The summed E-state index contributed by atoms with van der Waals surface area (Å²) in [6.45, 7) is 1.43. The zero-order valence-corrected chi connectivity index (χ0v) is 11.8. The smallest absolute Gasteiger partial charge is 0.168 e. The van der Waals surface area contributed by atoms with E-state index in [2.05, 4.69) is 0 Å². The average molecular weight is 295 g/mol. The van der Waals surface area contributed by atoms with Crippen LogP contribution in [0.15, 0.2) is 0 Å². The van der Waals surface area contributed by atoms with Crippen molar-refractivity contribution in [1.29, 1.82) is 0 Å². The number of rotatable bonds is 0. The Bertz CT molecular complexity index is 900. The van der Waals surface area contributed by atoms with Gasteiger partial charge in [-0.15, -0.1) is 0 Å². The maximum Gasteiger partial charge on any atom is 0.168 e. The minimum absolute atomic E-state index is 0.00556. The van der Waals surface area contributed by atoms with Gasteiger partial charge in [-0.2, -0.15) is 0 Å². The molecule has 0 aliphatic heterocycles. The molecule has 3 aromatic rings. The van der Waals surface area contributed by atoms with Crippen molar-refractivity contribution in [3.63, 3.8) is 0 Å². The molecule has 0 aliphatic carbocycles. The number of benzene rings is 2. The molecule has 0 atom stereocenters. The monoisotopic (exact) mass is 295 g/mol. The molecule has 4 radical (unpaired) electrons. The normalized spacial score (nSPS) is 11.5. The predicted molar refractivity (Wildman–Crippen MR) is 84.3 cm³/mol. The molecule has 0 saturated carbocycles. The Kier molecular flexibility index (Phi) is 2.73. The molecular formula is C14H11B2NO5. The Hall–Kier alpha value is -2.63. The highest BCUT2D eigenvalue weighted by molar-refractivity contribution is 6.49. The lowest BCUT2D eigenvalue weighted by molar-refractivity contribution is 0.398. The van der Waals surface area contributed by atoms with Gasteiger partial charge >= 0.3 is 0 Å². The Labute approximate surface area is 127 Å². The highest BCUT2D eigenvalue weighted by atomic mass is 16.3. The number of aromatic nitrogens is 1. The highest BCUT2D eigenvalue weighted by Crippen LogP contribution is 2.48. The Balaban J connectivity index is 2.81. The molecule has 0 aliphatic rings. The summed E-state index contributed by atoms with van der Waals surface area (Å²) in [5.41, 5.74) is -0.0628. The summed E-state index contributed by atoms with van der Waals surface area (Å²) in [7, 11) is 13.0. The van der Waals surface area contributed by atoms with Crippen molar-refractivity contribution < 1.29 is 25.5 Å². The number of hydrogen-bond donors (Lipinski definition) is 5. The fourth-order valence-corrected chi connectivity index (χ4v) is 2.83. The van der Waals surface area contributed by atoms with Crippen molar-refractivity contribution in [2.24, 2.45) is 7.05 Å². The number of nitrogens with zero attached hydrogens (tertiary/aromatic N) is 1. The molecule has 1 heterocycles. The Morgan fingerprint density at radius 2 is 1.23 bits per heavy atom. The molecule has 5 N–H and O–H groups in total. The van der Waals surface area contributed by atoms with E-state index in [4.69, 9.17) is 15.7 Å². The Morgan fingerprint density at radius 1 is 0.682 bits per heavy atom. The highest BCUT2D eigenvalue weighted by Gasteiger charge is 2.26. The number of phenolic OH excluding ortho intramolecular Hbond substituents is 5. The van der Waals surface area contributed by atoms with Crippen LogP contribution in [0, 0.1) is 6.92 Å². The molecule has 8 heteroatoms. The lowest BCUT2D eigenvalue weighted by Crippen LogP contribution is -2.18. The van der Waals surface area contributed by atoms with Gasteiger partial charge in [0.05, 0.1) is 16.3 Å². The van der Waals surface area contributed by atoms with Crippen LogP contribution < -0.4 is 10.9 Å². The number of hydrogen-bond acceptors (Lipinski definition) is 5. The second-order valence-corrected chi connectivity index (χ2v) is 5.20. The molecule has 108 valence electrons. The largest absolute Gasteiger partial charge is 0.509 e. The topological polar surface area (TPSA) is 106 Å². The summed E-state index contributed by atoms with van der Waals surface area (Å²) in [6.07, 6.45) is 0. The van der Waals surface area contributed by atoms with E-state index in [9.17, 15) is 25.5 Å². The van der Waals surface area contributed by atoms with Gasteiger partial charge in [0.2, 0.25) is 0 Å². The van der Waals surface area contributed by atoms with Gasteiger partial charge in [-0.3, -0.25) is 0 Å². The summed E-state index contributed by atoms with van der Waals surface area (Å²) >= 11 is 0. The molecule has 22 heavy (non-hydrogen) atoms. The third kappa shape index (κ3) is 1.41. The van der Waals surface area contributed by atoms with Crippen molar-refractivity contribution in [3.05, 3.63) is 5.56 Å². The first-order valence-corrected chi connectivity index (χ1v) is 6.34. The lowest BCUT2D eigenvalue weighted by Gasteiger charge is -2.10. The number of fused-ring (bicyclic) bond motifs is 3. The maximum atomic E-state index is 10.3. The minimum Gasteiger partial charge on any atom is -0.509 e. The Morgan fingerprint density at radius 3 is 1.82 bits per heavy atom. The van der Waals surface area contributed by atoms with Gasteiger partial charge in [-0.1, -0.05) is 0 Å². The third-order valence-corrected chi connectivity index (χ3v) is 4.05. The summed E-state index contributed by atoms with van der Waals surface area (Å²) in [5.74, 6) is -2.29. The van der Waals surface area contributed by atoms with Crippen molar-refractivity contribution in [3.8, 4) is 28.7 Å². The molecular weight excluding hydrogens is 284 g/mol. The summed E-state index contributed by atoms with van der Waals surface area (Å²) in [4.78, 5) is 0. The zero-order chi connectivity index (χ0) is 16.5. The van der Waals surface area contributed by atoms with Crippen LogP contribution in [0.2, 0.25) is 0 Å². The van der Waals surface area contributed by atoms with E-state index in [0.717, 1.165) is 0 Å². The minimum atomic E-state index is -0.518. The van der Waals surface area contributed by atoms with Gasteiger partial charge in [-0.25, -0.2) is 0 Å². The van der Waals surface area contributed by atoms with Crippen molar-refractivity contribution in [2.75, 3.05) is 0 Å². The van der Waals surface area contributed by atoms with Crippen LogP contribution in [0.1, 0.15) is 5.56 Å². The van der Waals surface area contributed by atoms with Crippen molar-refractivity contribution in [1.82, 2.24) is 4.57 Å². The maximum absolute atomic E-state index is 10.3. The number of aromatic hydroxyl groups is 5. The molecule has 2 aromatic carbocycles. The van der Waals surface area contributed by atoms with Crippen LogP contribution in [0.5, 0.6) is 28.7 Å². The van der Waals surface area contributed by atoms with Crippen LogP contribution >= 0.6 is 0 Å². The van der Waals surface area contributed by atoms with Gasteiger partial charge in [0, 0.05) is 18.1 Å². The second kappa shape index (κ2) is 4.19. The first kappa shape index (κ1) is 14.3. The average Bonchev–Trinajstić information content (AvgIpc) is 2.80. The van der Waals surface area contributed by atoms with E-state index in [1.165, 1.54) is 18.5 Å². The van der Waals surface area contributed by atoms with Crippen LogP contribution in [0.3, 0.4) is 0 Å². The van der Waals surface area contributed by atoms with E-state index in [0.29, 0.717) is 0 Å². The lowest BCUT2D eigenvalue weighted by atomic mass is 9.82. The SMILES string of the molecule is [B]c1c(O)c([B])c2c(c1O)c1c(O)c(O)c(C)c(O)c1n2C. The summed E-state index contributed by atoms with van der Waals surface area (Å²) in [6, 6.07) is 0. The zero-order valence-electron chi connectivity index (χ0n) is 11.8. The fraction of sp³-hybridized carbons (Fsp3) is 0.143. The quantitative estimate of drug-likeness (QED) is 0.223. The molecule has 0 fully saturated rings. The van der Waals surface area contributed by atoms with Crippen LogP contribution in [0.4, 0.5) is 0 Å². The third-order valence-electron chi connectivity index (χ3n) is 4.05. The van der Waals surface area contributed by atoms with E-state index in [1.54, 1.807) is 0 Å². The first-order chi connectivity index (χ1) is 10.2. The van der Waals surface area contributed by atoms with Crippen LogP contribution in [0.25, 0.3) is 21.8 Å². The second-order valence-electron chi connectivity index (χ2n) is 5.20. The fourth-order valence-electron chi connectivity index (χ4n) is 2.83. The summed E-state index contributed by atoms with van der Waals surface area (Å²) < 4.78 is 1.40. The summed E-state index contributed by atoms with van der Waals surface area (Å²) in [5, 5.41) is 50.5. The van der Waals surface area contributed by atoms with Gasteiger partial charge < -0.3 is 30.1 Å². The molecule has 0 spiro atoms. The van der Waals surface area contributed by atoms with E-state index in [-0.39, 0.29) is 44.0 Å². The van der Waals surface area contributed by atoms with Gasteiger partial charge in [-0.05, 0) is 17.8 Å². The molecule has 1 aromatic heterocycles. The van der Waals surface area contributed by atoms with E-state index in [1.807, 2.05) is 0 Å². The van der Waals surface area contributed by atoms with Gasteiger partial charge in [0.25, 0.3) is 0 Å². The standard InChI is InChI=1S/C14H11B2NO5/c1-3-10(18)9-5(13(21)11(3)19)4-8(17(9)2)6(15)14(22)7(16)12(4)20/h18-22H,1-2H3. The molecule has 0 amide bonds. The van der Waals surface area contributed by atoms with Crippen LogP contribution in [-0.2, 0) is 7.05 Å². The van der Waals surface area contributed by atoms with Crippen LogP contribution in [-0.4, -0.2) is 45.8 Å². The van der Waals surface area contributed by atoms with E-state index < -0.39 is 23.0 Å². The van der Waals surface area contributed by atoms with Crippen molar-refractivity contribution in [2.45, 2.75) is 6.92 Å². The van der Waals surface area contributed by atoms with E-state index >= 15 is 0 Å². The number of aryl methyl sites for hydroxylation is 1. The molecule has 3 rings (SSSR count). The predicted octanol–water partition coefficient (Wildman–Crippen LogP) is -0.244. The molecule has 6 nitrogen and oxygen atoms in total. The molecule has 0 unspecified atom stereocenters. The van der Waals surface area contributed by atoms with Gasteiger partial charge in [0.15, 0.2) is 11.5 Å². The van der Waals surface area contributed by atoms with Gasteiger partial charge in [0.1, 0.15) is 32.9 Å². The molecule has 0 bridgehead atoms. The van der Waals surface area contributed by atoms with Crippen molar-refractivity contribution >= 4 is 48.4 Å².